The van der Waals surface area contributed by atoms with Gasteiger partial charge < -0.3 is 14.4 Å². The molecule has 0 spiro atoms. The number of aliphatic hydroxyl groups is 1. The number of hydrogen-bond acceptors (Lipinski definition) is 4. The number of alkyl halides is 3. The second kappa shape index (κ2) is 7.72. The lowest BCUT2D eigenvalue weighted by Crippen LogP contribution is -2.61. The molecule has 32 heavy (non-hydrogen) atoms. The molecule has 0 aromatic heterocycles. The van der Waals surface area contributed by atoms with Crippen LogP contribution in [0.4, 0.5) is 13.2 Å². The fourth-order valence-electron chi connectivity index (χ4n) is 4.54. The zero-order valence-corrected chi connectivity index (χ0v) is 20.7. The van der Waals surface area contributed by atoms with Crippen LogP contribution in [0.3, 0.4) is 0 Å². The third-order valence-corrected chi connectivity index (χ3v) is 12.3. The number of fused-ring (bicyclic) bond motifs is 1. The van der Waals surface area contributed by atoms with Crippen LogP contribution in [-0.2, 0) is 9.22 Å². The summed E-state index contributed by atoms with van der Waals surface area (Å²) in [6.45, 7) is 11.3. The minimum Gasteiger partial charge on any atom is -0.412 e. The molecule has 1 aromatic carbocycles. The van der Waals surface area contributed by atoms with Gasteiger partial charge >= 0.3 is 6.18 Å². The summed E-state index contributed by atoms with van der Waals surface area (Å²) < 4.78 is 50.0. The maximum Gasteiger partial charge on any atom is 0.420 e. The van der Waals surface area contributed by atoms with Gasteiger partial charge in [-0.2, -0.15) is 18.4 Å². The van der Waals surface area contributed by atoms with Crippen LogP contribution in [0.25, 0.3) is 0 Å². The second-order valence-corrected chi connectivity index (χ2v) is 15.3. The Balaban J connectivity index is 2.15. The number of rotatable bonds is 3. The van der Waals surface area contributed by atoms with Gasteiger partial charge in [-0.05, 0) is 48.7 Å². The molecule has 2 aliphatic heterocycles. The Morgan fingerprint density at radius 3 is 2.41 bits per heavy atom. The highest BCUT2D eigenvalue weighted by atomic mass is 35.5. The normalized spacial score (nSPS) is 28.8. The van der Waals surface area contributed by atoms with E-state index in [2.05, 4.69) is 0 Å². The van der Waals surface area contributed by atoms with Crippen LogP contribution in [0.15, 0.2) is 12.1 Å². The molecule has 2 heterocycles. The Morgan fingerprint density at radius 1 is 1.31 bits per heavy atom. The van der Waals surface area contributed by atoms with Crippen molar-refractivity contribution in [2.75, 3.05) is 6.54 Å². The third-order valence-electron chi connectivity index (χ3n) is 7.33. The van der Waals surface area contributed by atoms with Crippen LogP contribution in [0.2, 0.25) is 23.2 Å². The summed E-state index contributed by atoms with van der Waals surface area (Å²) in [7, 11) is -2.48. The lowest BCUT2D eigenvalue weighted by molar-refractivity contribution is -0.276. The van der Waals surface area contributed by atoms with Gasteiger partial charge in [-0.1, -0.05) is 38.4 Å². The predicted octanol–water partition coefficient (Wildman–Crippen LogP) is 4.90. The van der Waals surface area contributed by atoms with Crippen molar-refractivity contribution in [1.29, 1.82) is 5.26 Å². The molecule has 4 atom stereocenters. The van der Waals surface area contributed by atoms with Crippen molar-refractivity contribution in [3.05, 3.63) is 33.8 Å². The van der Waals surface area contributed by atoms with E-state index >= 15 is 0 Å². The summed E-state index contributed by atoms with van der Waals surface area (Å²) in [5, 5.41) is 20.2. The zero-order chi connectivity index (χ0) is 24.4. The summed E-state index contributed by atoms with van der Waals surface area (Å²) in [5.41, 5.74) is -3.11. The van der Waals surface area contributed by atoms with Crippen LogP contribution >= 0.6 is 11.6 Å². The Bertz CT molecular complexity index is 986. The van der Waals surface area contributed by atoms with Crippen molar-refractivity contribution in [3.8, 4) is 6.07 Å². The third kappa shape index (κ3) is 3.56. The average molecular weight is 489 g/mol. The number of carbonyl (C=O) groups is 1. The molecule has 0 radical (unpaired) electrons. The molecule has 1 N–H and O–H groups in total. The van der Waals surface area contributed by atoms with E-state index < -0.39 is 44.1 Å². The maximum atomic E-state index is 14.6. The van der Waals surface area contributed by atoms with Gasteiger partial charge in [0.2, 0.25) is 5.91 Å². The van der Waals surface area contributed by atoms with Crippen LogP contribution in [0.5, 0.6) is 0 Å². The van der Waals surface area contributed by atoms with Gasteiger partial charge in [0.25, 0.3) is 0 Å². The number of benzene rings is 1. The van der Waals surface area contributed by atoms with Crippen molar-refractivity contribution in [1.82, 2.24) is 4.90 Å². The average Bonchev–Trinajstić information content (AvgIpc) is 3.15. The molecule has 5 nitrogen and oxygen atoms in total. The van der Waals surface area contributed by atoms with Crippen LogP contribution < -0.4 is 0 Å². The molecule has 2 aliphatic rings. The van der Waals surface area contributed by atoms with Crippen LogP contribution in [0, 0.1) is 18.3 Å². The first-order valence-electron chi connectivity index (χ1n) is 10.5. The number of nitriles is 1. The van der Waals surface area contributed by atoms with Gasteiger partial charge in [-0.15, -0.1) is 0 Å². The number of amides is 1. The highest BCUT2D eigenvalue weighted by Crippen LogP contribution is 2.55. The quantitative estimate of drug-likeness (QED) is 0.614. The molecule has 3 rings (SSSR count). The molecular formula is C22H28ClF3N2O3Si. The van der Waals surface area contributed by atoms with E-state index in [1.54, 1.807) is 0 Å². The molecule has 10 heteroatoms. The van der Waals surface area contributed by atoms with E-state index in [9.17, 15) is 28.3 Å². The van der Waals surface area contributed by atoms with Crippen molar-refractivity contribution in [2.24, 2.45) is 0 Å². The van der Waals surface area contributed by atoms with Gasteiger partial charge in [0.15, 0.2) is 13.9 Å². The smallest absolute Gasteiger partial charge is 0.412 e. The molecule has 2 saturated heterocycles. The SMILES string of the molecule is Cc1c(C2C(=O)N3CC[C@H](O[Si](C)(C)C(C)(C)C)C3[C@@]2(O)C(F)(F)F)ccc(C#N)c1Cl. The van der Waals surface area contributed by atoms with E-state index in [0.29, 0.717) is 0 Å². The number of hydrogen-bond donors (Lipinski definition) is 1. The Labute approximate surface area is 192 Å². The fraction of sp³-hybridized carbons (Fsp3) is 0.636. The summed E-state index contributed by atoms with van der Waals surface area (Å²) in [5.74, 6) is -2.69. The van der Waals surface area contributed by atoms with Crippen LogP contribution in [-0.4, -0.2) is 54.7 Å². The van der Waals surface area contributed by atoms with Crippen molar-refractivity contribution in [2.45, 2.75) is 82.1 Å². The van der Waals surface area contributed by atoms with E-state index in [0.717, 1.165) is 4.90 Å². The highest BCUT2D eigenvalue weighted by molar-refractivity contribution is 6.74. The Hall–Kier alpha value is -1.60. The van der Waals surface area contributed by atoms with Crippen molar-refractivity contribution < 1.29 is 27.5 Å². The Kier molecular flexibility index (Phi) is 6.04. The maximum absolute atomic E-state index is 14.6. The Morgan fingerprint density at radius 2 is 1.91 bits per heavy atom. The van der Waals surface area contributed by atoms with Crippen molar-refractivity contribution >= 4 is 25.8 Å². The van der Waals surface area contributed by atoms with Gasteiger partial charge in [0.05, 0.1) is 22.7 Å². The summed E-state index contributed by atoms with van der Waals surface area (Å²) in [6, 6.07) is 2.88. The van der Waals surface area contributed by atoms with Gasteiger partial charge in [0.1, 0.15) is 12.0 Å². The van der Waals surface area contributed by atoms with Gasteiger partial charge in [-0.3, -0.25) is 4.79 Å². The van der Waals surface area contributed by atoms with E-state index in [1.807, 2.05) is 39.9 Å². The molecule has 0 aliphatic carbocycles. The first kappa shape index (κ1) is 25.0. The molecule has 0 bridgehead atoms. The molecule has 0 saturated carbocycles. The monoisotopic (exact) mass is 488 g/mol. The predicted molar refractivity (Wildman–Crippen MR) is 117 cm³/mol. The largest absolute Gasteiger partial charge is 0.420 e. The number of halogens is 4. The summed E-state index contributed by atoms with van der Waals surface area (Å²) in [4.78, 5) is 14.4. The molecule has 1 amide bonds. The topological polar surface area (TPSA) is 73.6 Å². The molecule has 1 aromatic rings. The number of carbonyl (C=O) groups excluding carboxylic acids is 1. The summed E-state index contributed by atoms with van der Waals surface area (Å²) >= 11 is 6.19. The molecule has 176 valence electrons. The van der Waals surface area contributed by atoms with E-state index in [1.165, 1.54) is 19.1 Å². The van der Waals surface area contributed by atoms with Crippen molar-refractivity contribution in [3.63, 3.8) is 0 Å². The van der Waals surface area contributed by atoms with E-state index in [4.69, 9.17) is 16.0 Å². The fourth-order valence-corrected chi connectivity index (χ4v) is 6.11. The minimum absolute atomic E-state index is 0.0246. The number of nitrogens with zero attached hydrogens (tertiary/aromatic N) is 2. The zero-order valence-electron chi connectivity index (χ0n) is 19.0. The lowest BCUT2D eigenvalue weighted by atomic mass is 9.76. The second-order valence-electron chi connectivity index (χ2n) is 10.2. The highest BCUT2D eigenvalue weighted by Gasteiger charge is 2.75. The molecule has 2 fully saturated rings. The summed E-state index contributed by atoms with van der Waals surface area (Å²) in [6.07, 6.45) is -5.81. The van der Waals surface area contributed by atoms with Gasteiger partial charge in [0, 0.05) is 6.54 Å². The lowest BCUT2D eigenvalue weighted by Gasteiger charge is -2.43. The first-order valence-corrected chi connectivity index (χ1v) is 13.7. The first-order chi connectivity index (χ1) is 14.5. The van der Waals surface area contributed by atoms with Gasteiger partial charge in [-0.25, -0.2) is 0 Å². The molecular weight excluding hydrogens is 461 g/mol. The van der Waals surface area contributed by atoms with E-state index in [-0.39, 0.29) is 39.7 Å². The molecule has 2 unspecified atom stereocenters. The minimum atomic E-state index is -5.10. The standard InChI is InChI=1S/C22H28ClF3N2O3Si/c1-12-14(8-7-13(11-27)17(12)23)16-19(29)28-10-9-15(31-32(5,6)20(2,3)4)18(28)21(16,30)22(24,25)26/h7-8,15-16,18,30H,9-10H2,1-6H3/t15-,16?,18?,21+/m0/s1. The van der Waals surface area contributed by atoms with Crippen LogP contribution in [0.1, 0.15) is 49.8 Å².